The summed E-state index contributed by atoms with van der Waals surface area (Å²) >= 11 is 0. The Morgan fingerprint density at radius 1 is 0.875 bits per heavy atom. The van der Waals surface area contributed by atoms with Crippen molar-refractivity contribution in [1.82, 2.24) is 0 Å². The second-order valence-corrected chi connectivity index (χ2v) is 1.80. The van der Waals surface area contributed by atoms with Crippen LogP contribution in [0.4, 0.5) is 0 Å². The van der Waals surface area contributed by atoms with Crippen molar-refractivity contribution in [3.63, 3.8) is 0 Å². The predicted molar refractivity (Wildman–Crippen MR) is 24.6 cm³/mol. The largest absolute Gasteiger partial charge is 0.668 e. The summed E-state index contributed by atoms with van der Waals surface area (Å²) < 4.78 is 0. The van der Waals surface area contributed by atoms with Gasteiger partial charge in [-0.3, -0.25) is 0 Å². The molecule has 0 unspecified atom stereocenters. The van der Waals surface area contributed by atoms with Gasteiger partial charge in [-0.2, -0.15) is 0 Å². The topological polar surface area (TPSA) is 80.9 Å². The van der Waals surface area contributed by atoms with Crippen molar-refractivity contribution in [1.29, 1.82) is 0 Å². The molecule has 0 aromatic rings. The Balaban J connectivity index is -0.0000000267. The van der Waals surface area contributed by atoms with Crippen LogP contribution < -0.4 is 0 Å². The fourth-order valence-corrected chi connectivity index (χ4v) is 0. The van der Waals surface area contributed by atoms with Crippen molar-refractivity contribution < 1.29 is 88.8 Å². The molecule has 0 aromatic heterocycles. The van der Waals surface area contributed by atoms with E-state index in [1.807, 2.05) is 0 Å². The molecule has 8 heavy (non-hydrogen) atoms. The van der Waals surface area contributed by atoms with Gasteiger partial charge in [-0.25, -0.2) is 0 Å². The molecule has 8 heteroatoms. The zero-order chi connectivity index (χ0) is 4.50. The van der Waals surface area contributed by atoms with Gasteiger partial charge in [-0.15, -0.1) is 0 Å². The number of hydrogen-bond donors (Lipinski definition) is 4. The first-order chi connectivity index (χ1) is 2.00. The van der Waals surface area contributed by atoms with Crippen molar-refractivity contribution in [2.24, 2.45) is 0 Å². The molecule has 0 fully saturated rings. The van der Waals surface area contributed by atoms with Crippen molar-refractivity contribution in [2.75, 3.05) is 0 Å². The zero-order valence-electron chi connectivity index (χ0n) is 3.12. The van der Waals surface area contributed by atoms with Crippen LogP contribution in [0.15, 0.2) is 0 Å². The van der Waals surface area contributed by atoms with Gasteiger partial charge in [0.25, 0.3) is 0 Å². The maximum absolute atomic E-state index is 7.33. The number of hydrogen-bond acceptors (Lipinski definition) is 4. The van der Waals surface area contributed by atoms with Gasteiger partial charge in [-0.05, 0) is 0 Å². The molecule has 0 saturated carbocycles. The van der Waals surface area contributed by atoms with Crippen LogP contribution >= 0.6 is 0 Å². The van der Waals surface area contributed by atoms with E-state index in [2.05, 4.69) is 0 Å². The Morgan fingerprint density at radius 2 is 0.875 bits per heavy atom. The molecule has 2 radical (unpaired) electrons. The number of rotatable bonds is 0. The summed E-state index contributed by atoms with van der Waals surface area (Å²) in [5.41, 5.74) is 0. The Labute approximate surface area is 113 Å². The fraction of sp³-hybridized carbons (Fsp3) is 0. The minimum atomic E-state index is -4.61. The average molecular weight is 390 g/mol. The molecular formula is H7AlLuO4SiY. The molecule has 0 amide bonds. The van der Waals surface area contributed by atoms with E-state index >= 15 is 0 Å². The van der Waals surface area contributed by atoms with E-state index in [-0.39, 0.29) is 86.9 Å². The summed E-state index contributed by atoms with van der Waals surface area (Å²) in [6.45, 7) is 0. The van der Waals surface area contributed by atoms with E-state index in [9.17, 15) is 0 Å². The zero-order valence-corrected chi connectivity index (χ0v) is 8.62. The van der Waals surface area contributed by atoms with Crippen molar-refractivity contribution in [3.05, 3.63) is 0 Å². The summed E-state index contributed by atoms with van der Waals surface area (Å²) in [5.74, 6) is 0. The fourth-order valence-electron chi connectivity index (χ4n) is 0. The van der Waals surface area contributed by atoms with Crippen molar-refractivity contribution in [3.8, 4) is 0 Å². The average Bonchev–Trinajstić information content (AvgIpc) is 0.722. The molecule has 0 aromatic carbocycles. The summed E-state index contributed by atoms with van der Waals surface area (Å²) in [5, 5.41) is 0. The third-order valence-corrected chi connectivity index (χ3v) is 0. The van der Waals surface area contributed by atoms with E-state index < -0.39 is 9.05 Å². The molecule has 0 rings (SSSR count). The molecule has 56 valence electrons. The summed E-state index contributed by atoms with van der Waals surface area (Å²) in [7, 11) is -4.61. The molecule has 0 saturated heterocycles. The smallest absolute Gasteiger partial charge is 0.368 e. The van der Waals surface area contributed by atoms with Gasteiger partial charge in [-0.1, -0.05) is 0 Å². The first kappa shape index (κ1) is 22.4. The SMILES string of the molecule is O[Si](O)(O)O.[AlH3].[Lu].[Y]. The maximum Gasteiger partial charge on any atom is 0.668 e. The van der Waals surface area contributed by atoms with Gasteiger partial charge in [0.1, 0.15) is 0 Å². The Kier molecular flexibility index (Phi) is 27.8. The van der Waals surface area contributed by atoms with Crippen LogP contribution in [0, 0.1) is 36.9 Å². The summed E-state index contributed by atoms with van der Waals surface area (Å²) in [6, 6.07) is 0. The molecule has 0 aliphatic carbocycles. The van der Waals surface area contributed by atoms with Crippen LogP contribution in [0.1, 0.15) is 0 Å². The molecule has 0 heterocycles. The maximum atomic E-state index is 7.33. The predicted octanol–water partition coefficient (Wildman–Crippen LogP) is -3.80. The standard InChI is InChI=1S/Al.Lu.H4O4Si.Y.3H/c;;1-5(2,3)4;;;;/h;;1-4H;;;;. The molecule has 0 spiro atoms. The quantitative estimate of drug-likeness (QED) is 0.320. The monoisotopic (exact) mass is 390 g/mol. The third kappa shape index (κ3) is 65.5. The molecule has 4 nitrogen and oxygen atoms in total. The molecule has 0 atom stereocenters. The molecule has 4 N–H and O–H groups in total. The van der Waals surface area contributed by atoms with Crippen LogP contribution in [-0.4, -0.2) is 45.6 Å². The van der Waals surface area contributed by atoms with Crippen molar-refractivity contribution in [2.45, 2.75) is 0 Å². The molecular weight excluding hydrogens is 383 g/mol. The minimum Gasteiger partial charge on any atom is -0.368 e. The van der Waals surface area contributed by atoms with Crippen LogP contribution in [0.25, 0.3) is 0 Å². The molecule has 0 bridgehead atoms. The Morgan fingerprint density at radius 3 is 0.875 bits per heavy atom. The first-order valence-corrected chi connectivity index (χ1v) is 2.68. The van der Waals surface area contributed by atoms with Gasteiger partial charge in [0.05, 0.1) is 0 Å². The van der Waals surface area contributed by atoms with Gasteiger partial charge in [0.2, 0.25) is 0 Å². The van der Waals surface area contributed by atoms with Crippen molar-refractivity contribution >= 4 is 26.4 Å². The van der Waals surface area contributed by atoms with Gasteiger partial charge in [0, 0.05) is 69.6 Å². The molecule has 0 aliphatic heterocycles. The summed E-state index contributed by atoms with van der Waals surface area (Å²) in [4.78, 5) is 29.3. The van der Waals surface area contributed by atoms with E-state index in [1.54, 1.807) is 0 Å². The summed E-state index contributed by atoms with van der Waals surface area (Å²) in [6.07, 6.45) is 0. The van der Waals surface area contributed by atoms with E-state index in [1.165, 1.54) is 0 Å². The second kappa shape index (κ2) is 9.93. The van der Waals surface area contributed by atoms with Crippen LogP contribution in [-0.2, 0) is 32.7 Å². The third-order valence-electron chi connectivity index (χ3n) is 0. The normalized spacial score (nSPS) is 7.50. The molecule has 0 aliphatic rings. The Bertz CT molecular complexity index is 31.5. The van der Waals surface area contributed by atoms with Crippen LogP contribution in [0.3, 0.4) is 0 Å². The van der Waals surface area contributed by atoms with E-state index in [0.29, 0.717) is 0 Å². The second-order valence-electron chi connectivity index (χ2n) is 0.600. The Hall–Kier alpha value is 2.93. The van der Waals surface area contributed by atoms with E-state index in [0.717, 1.165) is 0 Å². The van der Waals surface area contributed by atoms with E-state index in [4.69, 9.17) is 19.2 Å². The van der Waals surface area contributed by atoms with Gasteiger partial charge >= 0.3 is 9.05 Å². The van der Waals surface area contributed by atoms with Crippen LogP contribution in [0.5, 0.6) is 0 Å². The van der Waals surface area contributed by atoms with Gasteiger partial charge in [0.15, 0.2) is 17.4 Å². The minimum absolute atomic E-state index is 0. The van der Waals surface area contributed by atoms with Crippen LogP contribution in [0.2, 0.25) is 0 Å². The first-order valence-electron chi connectivity index (χ1n) is 0.894. The van der Waals surface area contributed by atoms with Gasteiger partial charge < -0.3 is 19.2 Å².